The minimum atomic E-state index is -4.03. The van der Waals surface area contributed by atoms with Crippen LogP contribution in [-0.4, -0.2) is 53.9 Å². The molecule has 0 aliphatic heterocycles. The van der Waals surface area contributed by atoms with Crippen molar-refractivity contribution in [3.05, 3.63) is 0 Å². The first kappa shape index (κ1) is 15.9. The Labute approximate surface area is 102 Å². The molecule has 0 radical (unpaired) electrons. The molecule has 0 saturated carbocycles. The Balaban J connectivity index is 5.04. The van der Waals surface area contributed by atoms with Gasteiger partial charge in [-0.2, -0.15) is 0 Å². The molecule has 0 atom stereocenters. The number of hydrogen-bond acceptors (Lipinski definition) is 4. The Morgan fingerprint density at radius 3 is 2.00 bits per heavy atom. The number of carboxylic acid groups (broad SMARTS) is 1. The Kier molecular flexibility index (Phi) is 4.70. The lowest BCUT2D eigenvalue weighted by atomic mass is 10.2. The van der Waals surface area contributed by atoms with Crippen molar-refractivity contribution < 1.29 is 23.1 Å². The monoisotopic (exact) mass is 265 g/mol. The second kappa shape index (κ2) is 5.03. The molecule has 0 aromatic heterocycles. The number of rotatable bonds is 5. The molecule has 0 aromatic carbocycles. The summed E-state index contributed by atoms with van der Waals surface area (Å²) in [5.74, 6) is -2.85. The summed E-state index contributed by atoms with van der Waals surface area (Å²) in [4.78, 5) is 23.7. The van der Waals surface area contributed by atoms with Gasteiger partial charge >= 0.3 is 5.97 Å². The number of hydrogen-bond donors (Lipinski definition) is 1. The van der Waals surface area contributed by atoms with Crippen LogP contribution in [-0.2, 0) is 19.4 Å². The van der Waals surface area contributed by atoms with Crippen LogP contribution in [0.2, 0.25) is 0 Å². The van der Waals surface area contributed by atoms with E-state index >= 15 is 0 Å². The van der Waals surface area contributed by atoms with Crippen LogP contribution in [0.3, 0.4) is 0 Å². The highest BCUT2D eigenvalue weighted by atomic mass is 32.2. The van der Waals surface area contributed by atoms with Crippen LogP contribution in [0.25, 0.3) is 0 Å². The van der Waals surface area contributed by atoms with Gasteiger partial charge in [-0.1, -0.05) is 0 Å². The molecule has 0 aliphatic rings. The van der Waals surface area contributed by atoms with E-state index in [9.17, 15) is 18.0 Å². The van der Waals surface area contributed by atoms with Crippen molar-refractivity contribution in [1.29, 1.82) is 0 Å². The molecule has 0 unspecified atom stereocenters. The summed E-state index contributed by atoms with van der Waals surface area (Å²) in [6.45, 7) is 5.64. The second-order valence-electron chi connectivity index (χ2n) is 4.67. The lowest BCUT2D eigenvalue weighted by Crippen LogP contribution is -2.46. The Bertz CT molecular complexity index is 410. The van der Waals surface area contributed by atoms with Crippen LogP contribution >= 0.6 is 0 Å². The molecular weight excluding hydrogens is 246 g/mol. The highest BCUT2D eigenvalue weighted by Crippen LogP contribution is 2.18. The van der Waals surface area contributed by atoms with Crippen molar-refractivity contribution in [2.45, 2.75) is 38.5 Å². The molecule has 17 heavy (non-hydrogen) atoms. The first-order chi connectivity index (χ1) is 7.43. The molecule has 0 fully saturated rings. The van der Waals surface area contributed by atoms with Gasteiger partial charge in [-0.05, 0) is 27.7 Å². The van der Waals surface area contributed by atoms with Crippen LogP contribution in [0, 0.1) is 0 Å². The molecule has 0 saturated heterocycles. The molecule has 0 rings (SSSR count). The van der Waals surface area contributed by atoms with Gasteiger partial charge in [0, 0.05) is 13.1 Å². The van der Waals surface area contributed by atoms with Crippen LogP contribution in [0.5, 0.6) is 0 Å². The number of amides is 1. The zero-order chi connectivity index (χ0) is 14.0. The number of carbonyl (C=O) groups is 2. The highest BCUT2D eigenvalue weighted by molar-refractivity contribution is 7.94. The SMILES string of the molecule is CC(C)N(C)C(=O)CS(=O)(=O)C(C)(C)C(=O)O. The zero-order valence-corrected chi connectivity index (χ0v) is 11.5. The fraction of sp³-hybridized carbons (Fsp3) is 0.800. The van der Waals surface area contributed by atoms with Crippen molar-refractivity contribution in [2.24, 2.45) is 0 Å². The van der Waals surface area contributed by atoms with Gasteiger partial charge < -0.3 is 10.0 Å². The summed E-state index contributed by atoms with van der Waals surface area (Å²) in [6.07, 6.45) is 0. The third-order valence-corrected chi connectivity index (χ3v) is 5.13. The van der Waals surface area contributed by atoms with E-state index in [0.717, 1.165) is 13.8 Å². The number of nitrogens with zero attached hydrogens (tertiary/aromatic N) is 1. The fourth-order valence-electron chi connectivity index (χ4n) is 0.866. The first-order valence-electron chi connectivity index (χ1n) is 5.15. The topological polar surface area (TPSA) is 91.8 Å². The molecular formula is C10H19NO5S. The molecule has 7 heteroatoms. The maximum Gasteiger partial charge on any atom is 0.324 e. The third-order valence-electron chi connectivity index (χ3n) is 2.77. The maximum atomic E-state index is 11.8. The Morgan fingerprint density at radius 2 is 1.71 bits per heavy atom. The average molecular weight is 265 g/mol. The summed E-state index contributed by atoms with van der Waals surface area (Å²) < 4.78 is 21.6. The van der Waals surface area contributed by atoms with Crippen molar-refractivity contribution in [3.63, 3.8) is 0 Å². The van der Waals surface area contributed by atoms with Gasteiger partial charge in [0.05, 0.1) is 0 Å². The van der Waals surface area contributed by atoms with Crippen LogP contribution in [0.15, 0.2) is 0 Å². The molecule has 0 bridgehead atoms. The van der Waals surface area contributed by atoms with E-state index in [1.807, 2.05) is 0 Å². The maximum absolute atomic E-state index is 11.8. The summed E-state index contributed by atoms with van der Waals surface area (Å²) in [7, 11) is -2.55. The lowest BCUT2D eigenvalue weighted by molar-refractivity contribution is -0.139. The number of carbonyl (C=O) groups excluding carboxylic acids is 1. The Hall–Kier alpha value is -1.11. The molecule has 1 amide bonds. The molecule has 0 heterocycles. The highest BCUT2D eigenvalue weighted by Gasteiger charge is 2.43. The zero-order valence-electron chi connectivity index (χ0n) is 10.7. The van der Waals surface area contributed by atoms with Gasteiger partial charge in [-0.3, -0.25) is 9.59 Å². The molecule has 1 N–H and O–H groups in total. The number of aliphatic carboxylic acids is 1. The van der Waals surface area contributed by atoms with Gasteiger partial charge in [0.1, 0.15) is 5.75 Å². The smallest absolute Gasteiger partial charge is 0.324 e. The van der Waals surface area contributed by atoms with E-state index in [0.29, 0.717) is 0 Å². The van der Waals surface area contributed by atoms with E-state index in [-0.39, 0.29) is 6.04 Å². The summed E-state index contributed by atoms with van der Waals surface area (Å²) in [5.41, 5.74) is 0. The normalized spacial score (nSPS) is 12.6. The van der Waals surface area contributed by atoms with Crippen molar-refractivity contribution >= 4 is 21.7 Å². The summed E-state index contributed by atoms with van der Waals surface area (Å²) in [6, 6.07) is -0.134. The van der Waals surface area contributed by atoms with E-state index in [1.165, 1.54) is 11.9 Å². The van der Waals surface area contributed by atoms with Gasteiger partial charge in [0.25, 0.3) is 0 Å². The lowest BCUT2D eigenvalue weighted by Gasteiger charge is -2.24. The summed E-state index contributed by atoms with van der Waals surface area (Å²) >= 11 is 0. The molecule has 0 aromatic rings. The standard InChI is InChI=1S/C10H19NO5S/c1-7(2)11(5)8(12)6-17(15,16)10(3,4)9(13)14/h7H,6H2,1-5H3,(H,13,14). The molecule has 0 aliphatic carbocycles. The van der Waals surface area contributed by atoms with Crippen LogP contribution < -0.4 is 0 Å². The predicted molar refractivity (Wildman–Crippen MR) is 63.4 cm³/mol. The van der Waals surface area contributed by atoms with Crippen molar-refractivity contribution in [1.82, 2.24) is 4.90 Å². The fourth-order valence-corrected chi connectivity index (χ4v) is 2.02. The number of carboxylic acids is 1. The van der Waals surface area contributed by atoms with Gasteiger partial charge in [-0.25, -0.2) is 8.42 Å². The second-order valence-corrected chi connectivity index (χ2v) is 7.21. The molecule has 6 nitrogen and oxygen atoms in total. The van der Waals surface area contributed by atoms with Crippen molar-refractivity contribution in [2.75, 3.05) is 12.8 Å². The predicted octanol–water partition coefficient (Wildman–Crippen LogP) is 0.131. The van der Waals surface area contributed by atoms with Gasteiger partial charge in [-0.15, -0.1) is 0 Å². The Morgan fingerprint density at radius 1 is 1.29 bits per heavy atom. The van der Waals surface area contributed by atoms with E-state index in [1.54, 1.807) is 13.8 Å². The molecule has 100 valence electrons. The quantitative estimate of drug-likeness (QED) is 0.763. The van der Waals surface area contributed by atoms with Crippen LogP contribution in [0.1, 0.15) is 27.7 Å². The molecule has 0 spiro atoms. The minimum absolute atomic E-state index is 0.134. The van der Waals surface area contributed by atoms with E-state index in [4.69, 9.17) is 5.11 Å². The minimum Gasteiger partial charge on any atom is -0.480 e. The van der Waals surface area contributed by atoms with Gasteiger partial charge in [0.15, 0.2) is 14.6 Å². The third kappa shape index (κ3) is 3.42. The first-order valence-corrected chi connectivity index (χ1v) is 6.80. The van der Waals surface area contributed by atoms with Crippen molar-refractivity contribution in [3.8, 4) is 0 Å². The van der Waals surface area contributed by atoms with E-state index < -0.39 is 32.2 Å². The summed E-state index contributed by atoms with van der Waals surface area (Å²) in [5, 5.41) is 8.83. The average Bonchev–Trinajstić information content (AvgIpc) is 2.14. The number of sulfone groups is 1. The largest absolute Gasteiger partial charge is 0.480 e. The van der Waals surface area contributed by atoms with E-state index in [2.05, 4.69) is 0 Å². The van der Waals surface area contributed by atoms with Crippen LogP contribution in [0.4, 0.5) is 0 Å². The van der Waals surface area contributed by atoms with Gasteiger partial charge in [0.2, 0.25) is 5.91 Å².